The van der Waals surface area contributed by atoms with Gasteiger partial charge in [0.15, 0.2) is 0 Å². The van der Waals surface area contributed by atoms with Crippen LogP contribution in [0.4, 0.5) is 4.39 Å². The van der Waals surface area contributed by atoms with Gasteiger partial charge < -0.3 is 15.3 Å². The number of nitrogens with zero attached hydrogens (tertiary/aromatic N) is 1. The molecule has 0 aliphatic heterocycles. The maximum atomic E-state index is 12.7. The fraction of sp³-hybridized carbons (Fsp3) is 0.533. The number of hydrogen-bond donors (Lipinski definition) is 2. The predicted octanol–water partition coefficient (Wildman–Crippen LogP) is 1.74. The van der Waals surface area contributed by atoms with E-state index in [1.165, 1.54) is 23.9 Å². The van der Waals surface area contributed by atoms with Crippen molar-refractivity contribution < 1.29 is 14.3 Å². The van der Waals surface area contributed by atoms with Crippen molar-refractivity contribution in [2.24, 2.45) is 0 Å². The standard InChI is InChI=1S/C15H23FN2O2S/c1-15(20,11-18(2)3)10-17-14(19)8-9-21-13-6-4-12(16)5-7-13/h4-7,20H,8-11H2,1-3H3,(H,17,19). The Hall–Kier alpha value is -1.11. The first-order valence-corrected chi connectivity index (χ1v) is 7.79. The first-order chi connectivity index (χ1) is 9.78. The van der Waals surface area contributed by atoms with E-state index in [0.29, 0.717) is 18.7 Å². The molecule has 1 aromatic rings. The Kier molecular flexibility index (Phi) is 7.14. The Morgan fingerprint density at radius 1 is 1.38 bits per heavy atom. The van der Waals surface area contributed by atoms with Crippen LogP contribution in [0.5, 0.6) is 0 Å². The molecule has 2 N–H and O–H groups in total. The molecular weight excluding hydrogens is 291 g/mol. The van der Waals surface area contributed by atoms with Gasteiger partial charge in [-0.1, -0.05) is 0 Å². The zero-order chi connectivity index (χ0) is 15.9. The van der Waals surface area contributed by atoms with E-state index in [4.69, 9.17) is 0 Å². The predicted molar refractivity (Wildman–Crippen MR) is 83.9 cm³/mol. The summed E-state index contributed by atoms with van der Waals surface area (Å²) in [5, 5.41) is 12.8. The van der Waals surface area contributed by atoms with Crippen LogP contribution in [0.3, 0.4) is 0 Å². The molecule has 0 radical (unpaired) electrons. The lowest BCUT2D eigenvalue weighted by molar-refractivity contribution is -0.121. The number of nitrogens with one attached hydrogen (secondary N) is 1. The molecule has 0 spiro atoms. The van der Waals surface area contributed by atoms with Crippen LogP contribution in [0.25, 0.3) is 0 Å². The average Bonchev–Trinajstić information content (AvgIpc) is 2.37. The van der Waals surface area contributed by atoms with Crippen LogP contribution in [0.1, 0.15) is 13.3 Å². The van der Waals surface area contributed by atoms with Crippen LogP contribution >= 0.6 is 11.8 Å². The van der Waals surface area contributed by atoms with Crippen molar-refractivity contribution in [3.8, 4) is 0 Å². The molecule has 0 saturated heterocycles. The molecule has 1 amide bonds. The largest absolute Gasteiger partial charge is 0.387 e. The summed E-state index contributed by atoms with van der Waals surface area (Å²) in [5.41, 5.74) is -0.941. The molecule has 0 heterocycles. The van der Waals surface area contributed by atoms with Crippen LogP contribution < -0.4 is 5.32 Å². The van der Waals surface area contributed by atoms with Crippen molar-refractivity contribution in [1.29, 1.82) is 0 Å². The summed E-state index contributed by atoms with van der Waals surface area (Å²) in [6.45, 7) is 2.41. The lowest BCUT2D eigenvalue weighted by Crippen LogP contribution is -2.47. The number of hydrogen-bond acceptors (Lipinski definition) is 4. The van der Waals surface area contributed by atoms with Crippen LogP contribution in [-0.4, -0.2) is 54.5 Å². The van der Waals surface area contributed by atoms with Gasteiger partial charge in [0.1, 0.15) is 5.82 Å². The second-order valence-corrected chi connectivity index (χ2v) is 6.73. The van der Waals surface area contributed by atoms with E-state index < -0.39 is 5.60 Å². The Labute approximate surface area is 129 Å². The fourth-order valence-corrected chi connectivity index (χ4v) is 2.76. The van der Waals surface area contributed by atoms with Crippen molar-refractivity contribution in [1.82, 2.24) is 10.2 Å². The molecule has 1 unspecified atom stereocenters. The molecule has 0 saturated carbocycles. The van der Waals surface area contributed by atoms with Gasteiger partial charge >= 0.3 is 0 Å². The number of halogens is 1. The summed E-state index contributed by atoms with van der Waals surface area (Å²) in [6.07, 6.45) is 0.361. The molecule has 21 heavy (non-hydrogen) atoms. The van der Waals surface area contributed by atoms with E-state index in [-0.39, 0.29) is 18.3 Å². The topological polar surface area (TPSA) is 52.6 Å². The van der Waals surface area contributed by atoms with E-state index in [1.54, 1.807) is 19.1 Å². The molecule has 0 aromatic heterocycles. The summed E-state index contributed by atoms with van der Waals surface area (Å²) in [6, 6.07) is 6.20. The highest BCUT2D eigenvalue weighted by atomic mass is 32.2. The maximum absolute atomic E-state index is 12.7. The second-order valence-electron chi connectivity index (χ2n) is 5.56. The average molecular weight is 314 g/mol. The number of likely N-dealkylation sites (N-methyl/N-ethyl adjacent to an activating group) is 1. The van der Waals surface area contributed by atoms with Gasteiger partial charge in [-0.05, 0) is 45.3 Å². The van der Waals surface area contributed by atoms with Crippen molar-refractivity contribution in [3.05, 3.63) is 30.1 Å². The zero-order valence-corrected chi connectivity index (χ0v) is 13.5. The van der Waals surface area contributed by atoms with Crippen LogP contribution in [0.2, 0.25) is 0 Å². The highest BCUT2D eigenvalue weighted by molar-refractivity contribution is 7.99. The SMILES string of the molecule is CN(C)CC(C)(O)CNC(=O)CCSc1ccc(F)cc1. The summed E-state index contributed by atoms with van der Waals surface area (Å²) in [7, 11) is 3.74. The van der Waals surface area contributed by atoms with E-state index in [1.807, 2.05) is 19.0 Å². The lowest BCUT2D eigenvalue weighted by atomic mass is 10.1. The van der Waals surface area contributed by atoms with Gasteiger partial charge in [0.2, 0.25) is 5.91 Å². The molecule has 4 nitrogen and oxygen atoms in total. The van der Waals surface area contributed by atoms with Gasteiger partial charge in [-0.15, -0.1) is 11.8 Å². The van der Waals surface area contributed by atoms with E-state index in [2.05, 4.69) is 5.32 Å². The smallest absolute Gasteiger partial charge is 0.220 e. The molecule has 1 atom stereocenters. The maximum Gasteiger partial charge on any atom is 0.220 e. The Bertz CT molecular complexity index is 449. The normalized spacial score (nSPS) is 14.0. The molecule has 6 heteroatoms. The molecular formula is C15H23FN2O2S. The van der Waals surface area contributed by atoms with Gasteiger partial charge in [0.05, 0.1) is 5.60 Å². The lowest BCUT2D eigenvalue weighted by Gasteiger charge is -2.27. The number of aliphatic hydroxyl groups is 1. The first-order valence-electron chi connectivity index (χ1n) is 6.81. The van der Waals surface area contributed by atoms with Crippen molar-refractivity contribution >= 4 is 17.7 Å². The molecule has 0 fully saturated rings. The number of rotatable bonds is 8. The minimum absolute atomic E-state index is 0.0938. The Balaban J connectivity index is 2.23. The van der Waals surface area contributed by atoms with Gasteiger partial charge in [-0.25, -0.2) is 4.39 Å². The van der Waals surface area contributed by atoms with E-state index in [9.17, 15) is 14.3 Å². The first kappa shape index (κ1) is 17.9. The van der Waals surface area contributed by atoms with Crippen molar-refractivity contribution in [2.45, 2.75) is 23.8 Å². The quantitative estimate of drug-likeness (QED) is 0.718. The van der Waals surface area contributed by atoms with Gasteiger partial charge in [-0.2, -0.15) is 0 Å². The summed E-state index contributed by atoms with van der Waals surface area (Å²) >= 11 is 1.50. The minimum Gasteiger partial charge on any atom is -0.387 e. The Morgan fingerprint density at radius 2 is 2.00 bits per heavy atom. The number of benzene rings is 1. The zero-order valence-electron chi connectivity index (χ0n) is 12.7. The highest BCUT2D eigenvalue weighted by Gasteiger charge is 2.21. The fourth-order valence-electron chi connectivity index (χ4n) is 1.91. The van der Waals surface area contributed by atoms with Gasteiger partial charge in [0.25, 0.3) is 0 Å². The molecule has 1 rings (SSSR count). The molecule has 118 valence electrons. The highest BCUT2D eigenvalue weighted by Crippen LogP contribution is 2.18. The van der Waals surface area contributed by atoms with Crippen LogP contribution in [-0.2, 0) is 4.79 Å². The monoisotopic (exact) mass is 314 g/mol. The Morgan fingerprint density at radius 3 is 2.57 bits per heavy atom. The second kappa shape index (κ2) is 8.36. The summed E-state index contributed by atoms with van der Waals surface area (Å²) < 4.78 is 12.7. The van der Waals surface area contributed by atoms with Crippen molar-refractivity contribution in [2.75, 3.05) is 32.9 Å². The third-order valence-electron chi connectivity index (χ3n) is 2.73. The van der Waals surface area contributed by atoms with Gasteiger partial charge in [-0.3, -0.25) is 4.79 Å². The number of amides is 1. The van der Waals surface area contributed by atoms with E-state index >= 15 is 0 Å². The van der Waals surface area contributed by atoms with Crippen LogP contribution in [0, 0.1) is 5.82 Å². The van der Waals surface area contributed by atoms with Crippen LogP contribution in [0.15, 0.2) is 29.2 Å². The number of thioether (sulfide) groups is 1. The summed E-state index contributed by atoms with van der Waals surface area (Å²) in [5.74, 6) is 0.261. The third-order valence-corrected chi connectivity index (χ3v) is 3.75. The number of carbonyl (C=O) groups excluding carboxylic acids is 1. The number of carbonyl (C=O) groups is 1. The molecule has 0 aliphatic carbocycles. The van der Waals surface area contributed by atoms with Crippen molar-refractivity contribution in [3.63, 3.8) is 0 Å². The molecule has 0 bridgehead atoms. The third kappa shape index (κ3) is 8.04. The minimum atomic E-state index is -0.941. The van der Waals surface area contributed by atoms with E-state index in [0.717, 1.165) is 4.90 Å². The molecule has 1 aromatic carbocycles. The summed E-state index contributed by atoms with van der Waals surface area (Å²) in [4.78, 5) is 14.5. The molecule has 0 aliphatic rings. The van der Waals surface area contributed by atoms with Gasteiger partial charge in [0, 0.05) is 30.2 Å².